The highest BCUT2D eigenvalue weighted by molar-refractivity contribution is 5.61. The molecule has 0 unspecified atom stereocenters. The van der Waals surface area contributed by atoms with Crippen molar-refractivity contribution in [1.29, 1.82) is 0 Å². The van der Waals surface area contributed by atoms with Crippen LogP contribution in [-0.4, -0.2) is 9.85 Å². The van der Waals surface area contributed by atoms with Crippen LogP contribution >= 0.6 is 0 Å². The van der Waals surface area contributed by atoms with Crippen LogP contribution < -0.4 is 9.13 Å². The monoisotopic (exact) mass is 458 g/mol. The fraction of sp³-hybridized carbons (Fsp3) is 0.385. The number of hydrogen-bond acceptors (Lipinski definition) is 4. The number of nitro benzene ring substituents is 2. The van der Waals surface area contributed by atoms with Crippen molar-refractivity contribution in [1.82, 2.24) is 0 Å². The van der Waals surface area contributed by atoms with E-state index in [1.807, 2.05) is 12.1 Å². The molecule has 2 heterocycles. The summed E-state index contributed by atoms with van der Waals surface area (Å²) in [7, 11) is 0. The van der Waals surface area contributed by atoms with Crippen LogP contribution in [0.1, 0.15) is 38.5 Å². The van der Waals surface area contributed by atoms with E-state index in [4.69, 9.17) is 0 Å². The fourth-order valence-corrected chi connectivity index (χ4v) is 7.09. The lowest BCUT2D eigenvalue weighted by molar-refractivity contribution is -0.776. The average Bonchev–Trinajstić information content (AvgIpc) is 2.83. The van der Waals surface area contributed by atoms with Gasteiger partial charge in [0.15, 0.2) is 30.3 Å². The van der Waals surface area contributed by atoms with Crippen LogP contribution in [0.3, 0.4) is 0 Å². The largest absolute Gasteiger partial charge is 0.347 e. The van der Waals surface area contributed by atoms with Gasteiger partial charge in [0.05, 0.1) is 9.85 Å². The first-order valence-electron chi connectivity index (χ1n) is 11.9. The van der Waals surface area contributed by atoms with Crippen molar-refractivity contribution in [2.45, 2.75) is 44.1 Å². The molecule has 3 aromatic rings. The second-order valence-corrected chi connectivity index (χ2v) is 10.3. The maximum absolute atomic E-state index is 11.5. The molecule has 0 spiro atoms. The Morgan fingerprint density at radius 1 is 0.735 bits per heavy atom. The lowest BCUT2D eigenvalue weighted by atomic mass is 9.53. The van der Waals surface area contributed by atoms with E-state index in [1.165, 1.54) is 50.7 Å². The lowest BCUT2D eigenvalue weighted by Gasteiger charge is -2.53. The number of rotatable bonds is 5. The lowest BCUT2D eigenvalue weighted by Crippen LogP contribution is -2.64. The van der Waals surface area contributed by atoms with E-state index in [0.717, 1.165) is 34.9 Å². The van der Waals surface area contributed by atoms with Gasteiger partial charge in [-0.05, 0) is 48.1 Å². The Labute approximate surface area is 196 Å². The average molecular weight is 459 g/mol. The van der Waals surface area contributed by atoms with Gasteiger partial charge in [-0.2, -0.15) is 9.13 Å². The minimum absolute atomic E-state index is 0.287. The summed E-state index contributed by atoms with van der Waals surface area (Å²) in [6.45, 7) is 0. The van der Waals surface area contributed by atoms with Crippen molar-refractivity contribution < 1.29 is 19.0 Å². The standard InChI is InChI=1S/C26H26N4O4/c31-29(32)23-1-2-24(25(14-23)30(33)34)27-7-3-21(4-8-27)22-5-9-28(10-6-22)26-15-18-11-19(16-26)13-20(12-18)17-26/h1-10,14,18-20H,11-13,15-17H2/q+2. The molecule has 0 saturated heterocycles. The molecule has 172 valence electrons. The molecule has 0 atom stereocenters. The van der Waals surface area contributed by atoms with Gasteiger partial charge in [-0.25, -0.2) is 0 Å². The van der Waals surface area contributed by atoms with E-state index in [1.54, 1.807) is 17.0 Å². The summed E-state index contributed by atoms with van der Waals surface area (Å²) >= 11 is 0. The second kappa shape index (κ2) is 7.68. The van der Waals surface area contributed by atoms with Gasteiger partial charge >= 0.3 is 5.69 Å². The van der Waals surface area contributed by atoms with Gasteiger partial charge in [-0.15, -0.1) is 0 Å². The van der Waals surface area contributed by atoms with Crippen LogP contribution in [-0.2, 0) is 5.54 Å². The van der Waals surface area contributed by atoms with E-state index in [2.05, 4.69) is 29.1 Å². The van der Waals surface area contributed by atoms with E-state index in [-0.39, 0.29) is 17.1 Å². The molecule has 34 heavy (non-hydrogen) atoms. The normalized spacial score (nSPS) is 27.0. The molecule has 2 aromatic heterocycles. The quantitative estimate of drug-likeness (QED) is 0.316. The van der Waals surface area contributed by atoms with Crippen molar-refractivity contribution in [2.75, 3.05) is 0 Å². The molecule has 0 radical (unpaired) electrons. The minimum Gasteiger partial charge on any atom is -0.258 e. The highest BCUT2D eigenvalue weighted by atomic mass is 16.6. The zero-order chi connectivity index (χ0) is 23.4. The molecule has 4 aliphatic carbocycles. The van der Waals surface area contributed by atoms with Crippen molar-refractivity contribution in [3.8, 4) is 16.8 Å². The van der Waals surface area contributed by atoms with Crippen molar-refractivity contribution in [3.05, 3.63) is 87.5 Å². The number of non-ortho nitro benzene ring substituents is 1. The first kappa shape index (κ1) is 20.9. The Balaban J connectivity index is 1.26. The van der Waals surface area contributed by atoms with Crippen LogP contribution in [0, 0.1) is 38.0 Å². The van der Waals surface area contributed by atoms with Crippen LogP contribution in [0.25, 0.3) is 16.8 Å². The molecule has 4 aliphatic rings. The second-order valence-electron chi connectivity index (χ2n) is 10.3. The van der Waals surface area contributed by atoms with Crippen molar-refractivity contribution >= 4 is 11.4 Å². The Morgan fingerprint density at radius 3 is 1.76 bits per heavy atom. The number of benzene rings is 1. The molecule has 4 saturated carbocycles. The Hall–Kier alpha value is -3.68. The minimum atomic E-state index is -0.629. The topological polar surface area (TPSA) is 94.0 Å². The smallest absolute Gasteiger partial charge is 0.258 e. The van der Waals surface area contributed by atoms with E-state index >= 15 is 0 Å². The Kier molecular flexibility index (Phi) is 4.72. The summed E-state index contributed by atoms with van der Waals surface area (Å²) in [5.74, 6) is 2.68. The Morgan fingerprint density at radius 2 is 1.26 bits per heavy atom. The molecule has 8 heteroatoms. The van der Waals surface area contributed by atoms with Gasteiger partial charge in [-0.1, -0.05) is 0 Å². The third-order valence-electron chi connectivity index (χ3n) is 8.19. The molecule has 0 N–H and O–H groups in total. The summed E-state index contributed by atoms with van der Waals surface area (Å²) in [5, 5.41) is 22.5. The molecule has 4 bridgehead atoms. The van der Waals surface area contributed by atoms with Crippen LogP contribution in [0.5, 0.6) is 0 Å². The van der Waals surface area contributed by atoms with Crippen LogP contribution in [0.15, 0.2) is 67.3 Å². The molecule has 4 fully saturated rings. The van der Waals surface area contributed by atoms with E-state index < -0.39 is 9.85 Å². The summed E-state index contributed by atoms with van der Waals surface area (Å²) in [6.07, 6.45) is 16.2. The molecular weight excluding hydrogens is 432 g/mol. The zero-order valence-corrected chi connectivity index (χ0v) is 18.7. The first-order valence-corrected chi connectivity index (χ1v) is 11.9. The number of pyridine rings is 2. The fourth-order valence-electron chi connectivity index (χ4n) is 7.09. The van der Waals surface area contributed by atoms with E-state index in [9.17, 15) is 20.2 Å². The van der Waals surface area contributed by atoms with Crippen molar-refractivity contribution in [2.24, 2.45) is 17.8 Å². The molecular formula is C26H26N4O4+2. The summed E-state index contributed by atoms with van der Waals surface area (Å²) in [5.41, 5.74) is 2.08. The summed E-state index contributed by atoms with van der Waals surface area (Å²) < 4.78 is 4.08. The maximum Gasteiger partial charge on any atom is 0.347 e. The molecule has 0 amide bonds. The van der Waals surface area contributed by atoms with Crippen LogP contribution in [0.2, 0.25) is 0 Å². The summed E-state index contributed by atoms with van der Waals surface area (Å²) in [6, 6.07) is 11.8. The zero-order valence-electron chi connectivity index (χ0n) is 18.7. The van der Waals surface area contributed by atoms with Gasteiger partial charge in [0.25, 0.3) is 11.4 Å². The third-order valence-corrected chi connectivity index (χ3v) is 8.19. The van der Waals surface area contributed by atoms with Gasteiger partial charge in [0.1, 0.15) is 6.07 Å². The number of nitrogens with zero attached hydrogens (tertiary/aromatic N) is 4. The molecule has 7 rings (SSSR count). The molecule has 8 nitrogen and oxygen atoms in total. The Bertz CT molecular complexity index is 1250. The van der Waals surface area contributed by atoms with Gasteiger partial charge in [0, 0.05) is 55.7 Å². The number of aromatic nitrogens is 2. The van der Waals surface area contributed by atoms with Gasteiger partial charge in [-0.3, -0.25) is 20.2 Å². The number of nitro groups is 2. The predicted molar refractivity (Wildman–Crippen MR) is 123 cm³/mol. The van der Waals surface area contributed by atoms with Gasteiger partial charge in [0.2, 0.25) is 0 Å². The first-order chi connectivity index (χ1) is 16.4. The van der Waals surface area contributed by atoms with Gasteiger partial charge < -0.3 is 0 Å². The highest BCUT2D eigenvalue weighted by Gasteiger charge is 2.56. The summed E-state index contributed by atoms with van der Waals surface area (Å²) in [4.78, 5) is 21.3. The predicted octanol–water partition coefficient (Wildman–Crippen LogP) is 4.66. The SMILES string of the molecule is O=[N+]([O-])c1ccc(-[n+]2ccc(-c3cc[n+](C45CC6CC(CC(C6)C4)C5)cc3)cc2)c([N+](=O)[O-])c1. The maximum atomic E-state index is 11.5. The van der Waals surface area contributed by atoms with E-state index in [0.29, 0.717) is 5.54 Å². The van der Waals surface area contributed by atoms with Crippen molar-refractivity contribution in [3.63, 3.8) is 0 Å². The number of hydrogen-bond donors (Lipinski definition) is 0. The van der Waals surface area contributed by atoms with Crippen LogP contribution in [0.4, 0.5) is 11.4 Å². The highest BCUT2D eigenvalue weighted by Crippen LogP contribution is 2.56. The third kappa shape index (κ3) is 3.45. The molecule has 0 aliphatic heterocycles. The molecule has 1 aromatic carbocycles.